The Morgan fingerprint density at radius 3 is 2.29 bits per heavy atom. The van der Waals surface area contributed by atoms with Gasteiger partial charge in [-0.25, -0.2) is 9.89 Å². The maximum atomic E-state index is 10.9. The van der Waals surface area contributed by atoms with Crippen LogP contribution in [-0.4, -0.2) is 15.2 Å². The van der Waals surface area contributed by atoms with Crippen molar-refractivity contribution >= 4 is 0 Å². The van der Waals surface area contributed by atoms with Gasteiger partial charge in [-0.05, 0) is 12.8 Å². The van der Waals surface area contributed by atoms with Crippen LogP contribution in [0.3, 0.4) is 0 Å². The highest BCUT2D eigenvalue weighted by Crippen LogP contribution is 2.27. The van der Waals surface area contributed by atoms with Crippen molar-refractivity contribution in [3.63, 3.8) is 0 Å². The van der Waals surface area contributed by atoms with Crippen LogP contribution < -0.4 is 5.69 Å². The third kappa shape index (κ3) is 2.25. The monoisotopic (exact) mass is 195 g/mol. The van der Waals surface area contributed by atoms with Gasteiger partial charge < -0.3 is 0 Å². The van der Waals surface area contributed by atoms with E-state index in [0.29, 0.717) is 5.92 Å². The van der Waals surface area contributed by atoms with E-state index in [1.54, 1.807) is 0 Å². The average Bonchev–Trinajstić information content (AvgIpc) is 2.51. The molecule has 1 fully saturated rings. The smallest absolute Gasteiger partial charge is 0.293 e. The Balaban J connectivity index is 2.04. The highest BCUT2D eigenvalue weighted by Gasteiger charge is 2.16. The zero-order valence-corrected chi connectivity index (χ0v) is 8.38. The van der Waals surface area contributed by atoms with Crippen molar-refractivity contribution < 1.29 is 0 Å². The van der Waals surface area contributed by atoms with Gasteiger partial charge in [0.15, 0.2) is 0 Å². The van der Waals surface area contributed by atoms with Gasteiger partial charge in [0, 0.05) is 5.92 Å². The van der Waals surface area contributed by atoms with Crippen LogP contribution in [0, 0.1) is 0 Å². The molecule has 0 unspecified atom stereocenters. The average molecular weight is 195 g/mol. The summed E-state index contributed by atoms with van der Waals surface area (Å²) in [4.78, 5) is 13.7. The Bertz CT molecular complexity index is 320. The molecule has 1 aliphatic rings. The Kier molecular flexibility index (Phi) is 3.01. The number of nitrogens with one attached hydrogen (secondary N) is 2. The van der Waals surface area contributed by atoms with E-state index >= 15 is 0 Å². The van der Waals surface area contributed by atoms with Crippen LogP contribution in [0.2, 0.25) is 0 Å². The maximum Gasteiger partial charge on any atom is 0.340 e. The number of H-pyrrole nitrogens is 2. The van der Waals surface area contributed by atoms with Crippen LogP contribution in [0.25, 0.3) is 0 Å². The van der Waals surface area contributed by atoms with Crippen molar-refractivity contribution in [3.05, 3.63) is 16.3 Å². The van der Waals surface area contributed by atoms with Crippen molar-refractivity contribution in [2.24, 2.45) is 0 Å². The minimum Gasteiger partial charge on any atom is -0.293 e. The summed E-state index contributed by atoms with van der Waals surface area (Å²) < 4.78 is 0. The lowest BCUT2D eigenvalue weighted by Crippen LogP contribution is -2.06. The quantitative estimate of drug-likeness (QED) is 0.719. The molecular weight excluding hydrogens is 178 g/mol. The molecule has 4 heteroatoms. The highest BCUT2D eigenvalue weighted by atomic mass is 16.1. The molecular formula is C10H17N3O. The number of hydrogen-bond donors (Lipinski definition) is 2. The van der Waals surface area contributed by atoms with Crippen molar-refractivity contribution in [1.29, 1.82) is 0 Å². The van der Waals surface area contributed by atoms with E-state index in [2.05, 4.69) is 15.2 Å². The van der Waals surface area contributed by atoms with E-state index in [1.807, 2.05) is 0 Å². The number of aromatic nitrogens is 3. The minimum absolute atomic E-state index is 0.179. The summed E-state index contributed by atoms with van der Waals surface area (Å²) in [6.45, 7) is 0. The molecule has 14 heavy (non-hydrogen) atoms. The van der Waals surface area contributed by atoms with Gasteiger partial charge in [0.25, 0.3) is 0 Å². The first kappa shape index (κ1) is 9.49. The van der Waals surface area contributed by atoms with Crippen molar-refractivity contribution in [2.75, 3.05) is 0 Å². The first-order chi connectivity index (χ1) is 6.86. The van der Waals surface area contributed by atoms with E-state index in [4.69, 9.17) is 0 Å². The summed E-state index contributed by atoms with van der Waals surface area (Å²) in [5.41, 5.74) is -0.179. The summed E-state index contributed by atoms with van der Waals surface area (Å²) in [7, 11) is 0. The standard InChI is InChI=1S/C10H17N3O/c14-10-11-9(12-13-10)8-6-4-2-1-3-5-7-8/h8H,1-7H2,(H2,11,12,13,14). The Labute approximate surface area is 83.1 Å². The molecule has 0 aromatic carbocycles. The summed E-state index contributed by atoms with van der Waals surface area (Å²) >= 11 is 0. The van der Waals surface area contributed by atoms with E-state index < -0.39 is 0 Å². The van der Waals surface area contributed by atoms with E-state index in [0.717, 1.165) is 5.82 Å². The van der Waals surface area contributed by atoms with Gasteiger partial charge in [-0.2, -0.15) is 5.10 Å². The third-order valence-corrected chi connectivity index (χ3v) is 3.01. The Hall–Kier alpha value is -1.06. The fourth-order valence-corrected chi connectivity index (χ4v) is 2.21. The fourth-order valence-electron chi connectivity index (χ4n) is 2.21. The second-order valence-electron chi connectivity index (χ2n) is 4.11. The van der Waals surface area contributed by atoms with Crippen LogP contribution in [0.1, 0.15) is 56.7 Å². The van der Waals surface area contributed by atoms with Crippen LogP contribution in [0.15, 0.2) is 4.79 Å². The lowest BCUT2D eigenvalue weighted by molar-refractivity contribution is 0.443. The molecule has 0 atom stereocenters. The van der Waals surface area contributed by atoms with Crippen molar-refractivity contribution in [2.45, 2.75) is 50.9 Å². The molecule has 1 aromatic heterocycles. The molecule has 2 N–H and O–H groups in total. The van der Waals surface area contributed by atoms with Gasteiger partial charge in [-0.1, -0.05) is 32.1 Å². The zero-order valence-electron chi connectivity index (χ0n) is 8.38. The molecule has 0 radical (unpaired) electrons. The SMILES string of the molecule is O=c1[nH]nc(C2CCCCCCC2)[nH]1. The highest BCUT2D eigenvalue weighted by molar-refractivity contribution is 4.93. The molecule has 1 aliphatic carbocycles. The topological polar surface area (TPSA) is 61.5 Å². The van der Waals surface area contributed by atoms with Gasteiger partial charge in [-0.15, -0.1) is 0 Å². The molecule has 1 aromatic rings. The number of hydrogen-bond acceptors (Lipinski definition) is 2. The number of aromatic amines is 2. The van der Waals surface area contributed by atoms with Gasteiger partial charge in [0.05, 0.1) is 0 Å². The lowest BCUT2D eigenvalue weighted by Gasteiger charge is -2.16. The first-order valence-electron chi connectivity index (χ1n) is 5.51. The summed E-state index contributed by atoms with van der Waals surface area (Å²) in [5, 5.41) is 6.46. The van der Waals surface area contributed by atoms with Crippen molar-refractivity contribution in [3.8, 4) is 0 Å². The molecule has 0 spiro atoms. The summed E-state index contributed by atoms with van der Waals surface area (Å²) in [6, 6.07) is 0. The van der Waals surface area contributed by atoms with Crippen LogP contribution in [0.5, 0.6) is 0 Å². The zero-order chi connectivity index (χ0) is 9.80. The second-order valence-corrected chi connectivity index (χ2v) is 4.11. The third-order valence-electron chi connectivity index (χ3n) is 3.01. The Morgan fingerprint density at radius 2 is 1.71 bits per heavy atom. The van der Waals surface area contributed by atoms with Crippen molar-refractivity contribution in [1.82, 2.24) is 15.2 Å². The van der Waals surface area contributed by atoms with Gasteiger partial charge in [0.2, 0.25) is 0 Å². The van der Waals surface area contributed by atoms with E-state index in [-0.39, 0.29) is 5.69 Å². The van der Waals surface area contributed by atoms with Crippen LogP contribution >= 0.6 is 0 Å². The predicted molar refractivity (Wildman–Crippen MR) is 54.3 cm³/mol. The van der Waals surface area contributed by atoms with Gasteiger partial charge >= 0.3 is 5.69 Å². The van der Waals surface area contributed by atoms with E-state index in [1.165, 1.54) is 44.9 Å². The molecule has 1 saturated carbocycles. The molecule has 0 saturated heterocycles. The second kappa shape index (κ2) is 4.44. The number of nitrogens with zero attached hydrogens (tertiary/aromatic N) is 1. The molecule has 1 heterocycles. The lowest BCUT2D eigenvalue weighted by atomic mass is 9.91. The molecule has 0 amide bonds. The molecule has 0 bridgehead atoms. The molecule has 0 aliphatic heterocycles. The van der Waals surface area contributed by atoms with Crippen LogP contribution in [0.4, 0.5) is 0 Å². The molecule has 2 rings (SSSR count). The Morgan fingerprint density at radius 1 is 1.07 bits per heavy atom. The van der Waals surface area contributed by atoms with Gasteiger partial charge in [0.1, 0.15) is 5.82 Å². The molecule has 78 valence electrons. The minimum atomic E-state index is -0.179. The summed E-state index contributed by atoms with van der Waals surface area (Å²) in [6.07, 6.45) is 8.88. The maximum absolute atomic E-state index is 10.9. The van der Waals surface area contributed by atoms with Gasteiger partial charge in [-0.3, -0.25) is 4.98 Å². The van der Waals surface area contributed by atoms with E-state index in [9.17, 15) is 4.79 Å². The first-order valence-corrected chi connectivity index (χ1v) is 5.51. The number of rotatable bonds is 1. The largest absolute Gasteiger partial charge is 0.340 e. The molecule has 4 nitrogen and oxygen atoms in total. The fraction of sp³-hybridized carbons (Fsp3) is 0.800. The normalized spacial score (nSPS) is 20.3. The summed E-state index contributed by atoms with van der Waals surface area (Å²) in [5.74, 6) is 1.33. The van der Waals surface area contributed by atoms with Crippen LogP contribution in [-0.2, 0) is 0 Å². The predicted octanol–water partition coefficient (Wildman–Crippen LogP) is 1.93.